The number of amidine groups is 1. The van der Waals surface area contributed by atoms with E-state index >= 15 is 0 Å². The highest BCUT2D eigenvalue weighted by Crippen LogP contribution is 2.26. The van der Waals surface area contributed by atoms with Crippen LogP contribution in [-0.2, 0) is 13.0 Å². The summed E-state index contributed by atoms with van der Waals surface area (Å²) in [5.74, 6) is 0.851. The molecule has 0 radical (unpaired) electrons. The van der Waals surface area contributed by atoms with Gasteiger partial charge >= 0.3 is 12.4 Å². The maximum Gasteiger partial charge on any atom is 0.573 e. The molecule has 3 aromatic carbocycles. The van der Waals surface area contributed by atoms with Crippen molar-refractivity contribution in [2.24, 2.45) is 4.99 Å². The zero-order valence-corrected chi connectivity index (χ0v) is 23.5. The molecule has 4 aromatic rings. The maximum atomic E-state index is 12.7. The molecule has 0 saturated carbocycles. The van der Waals surface area contributed by atoms with Gasteiger partial charge in [-0.25, -0.2) is 19.5 Å². The van der Waals surface area contributed by atoms with Crippen LogP contribution in [0.5, 0.6) is 5.75 Å². The number of carbonyl (C=O) groups is 1. The molecule has 0 unspecified atom stereocenters. The van der Waals surface area contributed by atoms with Gasteiger partial charge in [0.2, 0.25) is 0 Å². The van der Waals surface area contributed by atoms with E-state index < -0.39 is 6.36 Å². The van der Waals surface area contributed by atoms with Gasteiger partial charge in [0.1, 0.15) is 12.1 Å². The van der Waals surface area contributed by atoms with E-state index in [2.05, 4.69) is 32.4 Å². The van der Waals surface area contributed by atoms with Crippen molar-refractivity contribution in [2.75, 3.05) is 5.75 Å². The summed E-state index contributed by atoms with van der Waals surface area (Å²) in [5, 5.41) is 10.7. The smallest absolute Gasteiger partial charge is 0.406 e. The quantitative estimate of drug-likeness (QED) is 0.173. The number of nitrogens with zero attached hydrogens (tertiary/aromatic N) is 4. The zero-order chi connectivity index (χ0) is 29.4. The van der Waals surface area contributed by atoms with Gasteiger partial charge in [-0.3, -0.25) is 5.32 Å². The molecule has 2 amide bonds. The second-order valence-corrected chi connectivity index (χ2v) is 10.1. The minimum atomic E-state index is -4.76. The molecule has 0 aliphatic rings. The van der Waals surface area contributed by atoms with Crippen LogP contribution in [0.25, 0.3) is 17.1 Å². The van der Waals surface area contributed by atoms with Crippen molar-refractivity contribution in [3.63, 3.8) is 0 Å². The average molecular weight is 583 g/mol. The predicted molar refractivity (Wildman–Crippen MR) is 155 cm³/mol. The van der Waals surface area contributed by atoms with E-state index in [1.807, 2.05) is 56.3 Å². The van der Waals surface area contributed by atoms with Gasteiger partial charge < -0.3 is 10.1 Å². The maximum absolute atomic E-state index is 12.7. The Labute approximate surface area is 240 Å². The largest absolute Gasteiger partial charge is 0.573 e. The lowest BCUT2D eigenvalue weighted by atomic mass is 10.1. The van der Waals surface area contributed by atoms with Crippen LogP contribution in [0.15, 0.2) is 78.0 Å². The molecular formula is C29H29F3N6O2S. The van der Waals surface area contributed by atoms with E-state index in [0.717, 1.165) is 40.1 Å². The number of thioether (sulfide) groups is 1. The van der Waals surface area contributed by atoms with Crippen LogP contribution in [0, 0.1) is 6.92 Å². The number of benzene rings is 3. The molecule has 4 rings (SSSR count). The number of halogens is 3. The molecule has 8 nitrogen and oxygen atoms in total. The van der Waals surface area contributed by atoms with Gasteiger partial charge in [0, 0.05) is 12.1 Å². The summed E-state index contributed by atoms with van der Waals surface area (Å²) >= 11 is 1.45. The SMILES string of the molecule is CCSC(=Nc1c(C)cccc1CC)NC(=O)NCc1cccc(-c2ncn(-c3ccc(OC(F)(F)F)cc3)n2)c1. The Balaban J connectivity index is 1.40. The number of para-hydroxylation sites is 1. The van der Waals surface area contributed by atoms with Crippen molar-refractivity contribution in [3.05, 3.63) is 89.7 Å². The third kappa shape index (κ3) is 8.34. The second kappa shape index (κ2) is 13.4. The highest BCUT2D eigenvalue weighted by Gasteiger charge is 2.31. The fourth-order valence-electron chi connectivity index (χ4n) is 3.96. The van der Waals surface area contributed by atoms with Gasteiger partial charge in [-0.2, -0.15) is 0 Å². The molecule has 0 saturated heterocycles. The van der Waals surface area contributed by atoms with Crippen molar-refractivity contribution in [2.45, 2.75) is 40.1 Å². The molecule has 0 aliphatic carbocycles. The van der Waals surface area contributed by atoms with Crippen molar-refractivity contribution < 1.29 is 22.7 Å². The third-order valence-electron chi connectivity index (χ3n) is 5.88. The summed E-state index contributed by atoms with van der Waals surface area (Å²) in [6, 6.07) is 18.4. The highest BCUT2D eigenvalue weighted by atomic mass is 32.2. The number of hydrogen-bond acceptors (Lipinski definition) is 6. The van der Waals surface area contributed by atoms with E-state index in [1.165, 1.54) is 47.0 Å². The average Bonchev–Trinajstić information content (AvgIpc) is 3.43. The molecule has 0 atom stereocenters. The van der Waals surface area contributed by atoms with Crippen LogP contribution < -0.4 is 15.4 Å². The number of amides is 2. The Morgan fingerprint density at radius 3 is 2.54 bits per heavy atom. The lowest BCUT2D eigenvalue weighted by Gasteiger charge is -2.12. The lowest BCUT2D eigenvalue weighted by molar-refractivity contribution is -0.274. The van der Waals surface area contributed by atoms with Crippen LogP contribution in [0.2, 0.25) is 0 Å². The van der Waals surface area contributed by atoms with Crippen molar-refractivity contribution in [1.29, 1.82) is 0 Å². The number of ether oxygens (including phenoxy) is 1. The molecule has 12 heteroatoms. The standard InChI is InChI=1S/C29H29F3N6O2S/c1-4-21-10-6-8-19(3)25(21)35-28(41-5-2)36-27(39)33-17-20-9-7-11-22(16-20)26-34-18-38(37-26)23-12-14-24(15-13-23)40-29(30,31)32/h6-16,18H,4-5,17H2,1-3H3,(H2,33,35,36,39). The van der Waals surface area contributed by atoms with Crippen molar-refractivity contribution in [1.82, 2.24) is 25.4 Å². The van der Waals surface area contributed by atoms with Gasteiger partial charge in [0.15, 0.2) is 11.0 Å². The topological polar surface area (TPSA) is 93.4 Å². The number of rotatable bonds is 8. The first kappa shape index (κ1) is 29.7. The Kier molecular flexibility index (Phi) is 9.66. The minimum Gasteiger partial charge on any atom is -0.406 e. The summed E-state index contributed by atoms with van der Waals surface area (Å²) in [7, 11) is 0. The number of nitrogens with one attached hydrogen (secondary N) is 2. The van der Waals surface area contributed by atoms with Crippen LogP contribution in [0.4, 0.5) is 23.7 Å². The Morgan fingerprint density at radius 2 is 1.83 bits per heavy atom. The third-order valence-corrected chi connectivity index (χ3v) is 6.64. The molecule has 1 heterocycles. The van der Waals surface area contributed by atoms with Crippen molar-refractivity contribution in [3.8, 4) is 22.8 Å². The fourth-order valence-corrected chi connectivity index (χ4v) is 4.56. The molecule has 2 N–H and O–H groups in total. The van der Waals surface area contributed by atoms with E-state index in [0.29, 0.717) is 16.7 Å². The number of hydrogen-bond donors (Lipinski definition) is 2. The summed E-state index contributed by atoms with van der Waals surface area (Å²) in [6.45, 7) is 6.33. The monoisotopic (exact) mass is 582 g/mol. The number of alkyl halides is 3. The Bertz CT molecular complexity index is 1520. The van der Waals surface area contributed by atoms with Crippen LogP contribution >= 0.6 is 11.8 Å². The van der Waals surface area contributed by atoms with Gasteiger partial charge in [0.05, 0.1) is 11.4 Å². The summed E-state index contributed by atoms with van der Waals surface area (Å²) in [6.07, 6.45) is -2.45. The normalized spacial score (nSPS) is 11.8. The number of aliphatic imine (C=N–C) groups is 1. The number of aryl methyl sites for hydroxylation is 2. The van der Waals surface area contributed by atoms with Gasteiger partial charge in [-0.1, -0.05) is 62.0 Å². The molecule has 1 aromatic heterocycles. The first-order valence-corrected chi connectivity index (χ1v) is 13.9. The molecular weight excluding hydrogens is 553 g/mol. The van der Waals surface area contributed by atoms with E-state index in [4.69, 9.17) is 4.99 Å². The van der Waals surface area contributed by atoms with E-state index in [1.54, 1.807) is 0 Å². The molecule has 0 spiro atoms. The lowest BCUT2D eigenvalue weighted by Crippen LogP contribution is -2.38. The fraction of sp³-hybridized carbons (Fsp3) is 0.241. The highest BCUT2D eigenvalue weighted by molar-refractivity contribution is 8.13. The van der Waals surface area contributed by atoms with Gasteiger partial charge in [-0.15, -0.1) is 18.3 Å². The summed E-state index contributed by atoms with van der Waals surface area (Å²) in [5.41, 5.74) is 5.10. The molecule has 0 aliphatic heterocycles. The number of carbonyl (C=O) groups excluding carboxylic acids is 1. The van der Waals surface area contributed by atoms with E-state index in [9.17, 15) is 18.0 Å². The number of urea groups is 1. The summed E-state index contributed by atoms with van der Waals surface area (Å²) in [4.78, 5) is 21.8. The zero-order valence-electron chi connectivity index (χ0n) is 22.7. The molecule has 41 heavy (non-hydrogen) atoms. The first-order chi connectivity index (χ1) is 19.6. The van der Waals surface area contributed by atoms with Gasteiger partial charge in [0.25, 0.3) is 0 Å². The van der Waals surface area contributed by atoms with Crippen molar-refractivity contribution >= 4 is 28.6 Å². The van der Waals surface area contributed by atoms with Crippen LogP contribution in [0.1, 0.15) is 30.5 Å². The minimum absolute atomic E-state index is 0.260. The molecule has 0 bridgehead atoms. The Hall–Kier alpha value is -4.32. The number of aromatic nitrogens is 3. The first-order valence-electron chi connectivity index (χ1n) is 12.9. The van der Waals surface area contributed by atoms with Crippen LogP contribution in [0.3, 0.4) is 0 Å². The van der Waals surface area contributed by atoms with Gasteiger partial charge in [-0.05, 0) is 66.1 Å². The van der Waals surface area contributed by atoms with E-state index in [-0.39, 0.29) is 18.3 Å². The predicted octanol–water partition coefficient (Wildman–Crippen LogP) is 6.94. The second-order valence-electron chi connectivity index (χ2n) is 8.85. The molecule has 0 fully saturated rings. The summed E-state index contributed by atoms with van der Waals surface area (Å²) < 4.78 is 42.6. The Morgan fingerprint density at radius 1 is 1.07 bits per heavy atom. The van der Waals surface area contributed by atoms with Crippen LogP contribution in [-0.4, -0.2) is 38.1 Å². The molecule has 214 valence electrons.